The summed E-state index contributed by atoms with van der Waals surface area (Å²) in [6.45, 7) is 0.506. The third-order valence-electron chi connectivity index (χ3n) is 3.43. The van der Waals surface area contributed by atoms with E-state index in [1.54, 1.807) is 19.2 Å². The van der Waals surface area contributed by atoms with Gasteiger partial charge in [-0.25, -0.2) is 0 Å². The number of hydrogen-bond donors (Lipinski definition) is 2. The minimum Gasteiger partial charge on any atom is -0.481 e. The molecule has 1 unspecified atom stereocenters. The zero-order chi connectivity index (χ0) is 14.5. The van der Waals surface area contributed by atoms with E-state index in [-0.39, 0.29) is 18.4 Å². The fraction of sp³-hybridized carbons (Fsp3) is 0.467. The van der Waals surface area contributed by atoms with Crippen LogP contribution >= 0.6 is 0 Å². The molecule has 0 radical (unpaired) electrons. The predicted octanol–water partition coefficient (Wildman–Crippen LogP) is 1.82. The maximum Gasteiger partial charge on any atom is 0.305 e. The summed E-state index contributed by atoms with van der Waals surface area (Å²) < 4.78 is 5.01. The Hall–Kier alpha value is -1.88. The molecular weight excluding hydrogens is 258 g/mol. The molecule has 20 heavy (non-hydrogen) atoms. The molecule has 1 aromatic rings. The van der Waals surface area contributed by atoms with Gasteiger partial charge in [-0.1, -0.05) is 12.1 Å². The Morgan fingerprint density at radius 3 is 2.50 bits per heavy atom. The van der Waals surface area contributed by atoms with E-state index in [9.17, 15) is 9.59 Å². The second kappa shape index (κ2) is 6.52. The number of carboxylic acid groups (broad SMARTS) is 1. The maximum absolute atomic E-state index is 12.1. The lowest BCUT2D eigenvalue weighted by Gasteiger charge is -2.16. The largest absolute Gasteiger partial charge is 0.481 e. The number of rotatable bonds is 7. The lowest BCUT2D eigenvalue weighted by Crippen LogP contribution is -2.38. The Morgan fingerprint density at radius 2 is 2.00 bits per heavy atom. The third kappa shape index (κ3) is 4.06. The van der Waals surface area contributed by atoms with Gasteiger partial charge in [0, 0.05) is 18.7 Å². The lowest BCUT2D eigenvalue weighted by molar-refractivity contribution is -0.137. The minimum atomic E-state index is -0.877. The van der Waals surface area contributed by atoms with Crippen molar-refractivity contribution in [3.05, 3.63) is 35.4 Å². The third-order valence-corrected chi connectivity index (χ3v) is 3.43. The fourth-order valence-corrected chi connectivity index (χ4v) is 2.19. The van der Waals surface area contributed by atoms with Crippen LogP contribution < -0.4 is 5.32 Å². The number of carbonyl (C=O) groups is 2. The van der Waals surface area contributed by atoms with Crippen LogP contribution in [-0.4, -0.2) is 30.1 Å². The number of carbonyl (C=O) groups excluding carboxylic acids is 1. The summed E-state index contributed by atoms with van der Waals surface area (Å²) in [7, 11) is 1.62. The number of aliphatic carboxylic acids is 1. The van der Waals surface area contributed by atoms with Crippen molar-refractivity contribution in [1.82, 2.24) is 5.32 Å². The van der Waals surface area contributed by atoms with Crippen LogP contribution in [0.15, 0.2) is 24.3 Å². The van der Waals surface area contributed by atoms with E-state index < -0.39 is 5.97 Å². The first-order chi connectivity index (χ1) is 9.60. The van der Waals surface area contributed by atoms with Crippen molar-refractivity contribution in [3.8, 4) is 0 Å². The van der Waals surface area contributed by atoms with Crippen LogP contribution in [0.4, 0.5) is 0 Å². The molecule has 2 N–H and O–H groups in total. The molecule has 0 bridgehead atoms. The Balaban J connectivity index is 1.97. The van der Waals surface area contributed by atoms with E-state index in [4.69, 9.17) is 9.84 Å². The topological polar surface area (TPSA) is 75.6 Å². The molecule has 0 heterocycles. The lowest BCUT2D eigenvalue weighted by atomic mass is 10.1. The highest BCUT2D eigenvalue weighted by Gasteiger charge is 2.33. The molecule has 1 saturated carbocycles. The molecule has 1 aliphatic carbocycles. The highest BCUT2D eigenvalue weighted by molar-refractivity contribution is 5.94. The van der Waals surface area contributed by atoms with Crippen LogP contribution in [0, 0.1) is 5.92 Å². The van der Waals surface area contributed by atoms with Crippen LogP contribution in [0.1, 0.15) is 35.2 Å². The number of nitrogens with one attached hydrogen (secondary N) is 1. The average Bonchev–Trinajstić information content (AvgIpc) is 3.23. The van der Waals surface area contributed by atoms with Gasteiger partial charge in [0.05, 0.1) is 13.0 Å². The molecular formula is C15H19NO4. The van der Waals surface area contributed by atoms with E-state index in [0.29, 0.717) is 18.1 Å². The molecule has 0 saturated heterocycles. The average molecular weight is 277 g/mol. The molecule has 5 nitrogen and oxygen atoms in total. The summed E-state index contributed by atoms with van der Waals surface area (Å²) in [4.78, 5) is 22.9. The summed E-state index contributed by atoms with van der Waals surface area (Å²) in [5.41, 5.74) is 1.54. The van der Waals surface area contributed by atoms with Crippen LogP contribution in [0.5, 0.6) is 0 Å². The molecule has 0 spiro atoms. The molecule has 0 aliphatic heterocycles. The quantitative estimate of drug-likeness (QED) is 0.797. The van der Waals surface area contributed by atoms with Gasteiger partial charge in [0.2, 0.25) is 0 Å². The van der Waals surface area contributed by atoms with Crippen LogP contribution in [0.3, 0.4) is 0 Å². The summed E-state index contributed by atoms with van der Waals surface area (Å²) >= 11 is 0. The number of benzene rings is 1. The van der Waals surface area contributed by atoms with E-state index in [1.807, 2.05) is 12.1 Å². The number of hydrogen-bond acceptors (Lipinski definition) is 3. The van der Waals surface area contributed by atoms with Crippen molar-refractivity contribution in [2.75, 3.05) is 7.11 Å². The van der Waals surface area contributed by atoms with Gasteiger partial charge in [-0.3, -0.25) is 9.59 Å². The second-order valence-corrected chi connectivity index (χ2v) is 5.15. The van der Waals surface area contributed by atoms with E-state index in [2.05, 4.69) is 5.32 Å². The van der Waals surface area contributed by atoms with Crippen molar-refractivity contribution in [2.24, 2.45) is 5.92 Å². The predicted molar refractivity (Wildman–Crippen MR) is 73.4 cm³/mol. The minimum absolute atomic E-state index is 0.0157. The van der Waals surface area contributed by atoms with E-state index in [1.165, 1.54) is 0 Å². The summed E-state index contributed by atoms with van der Waals surface area (Å²) in [5, 5.41) is 11.7. The Kier molecular flexibility index (Phi) is 4.74. The van der Waals surface area contributed by atoms with Crippen molar-refractivity contribution in [2.45, 2.75) is 31.9 Å². The summed E-state index contributed by atoms with van der Waals surface area (Å²) in [6.07, 6.45) is 1.97. The molecule has 1 fully saturated rings. The fourth-order valence-electron chi connectivity index (χ4n) is 2.19. The van der Waals surface area contributed by atoms with Gasteiger partial charge in [0.1, 0.15) is 0 Å². The van der Waals surface area contributed by atoms with Crippen LogP contribution in [0.2, 0.25) is 0 Å². The van der Waals surface area contributed by atoms with Crippen molar-refractivity contribution in [3.63, 3.8) is 0 Å². The number of methoxy groups -OCH3 is 1. The maximum atomic E-state index is 12.1. The smallest absolute Gasteiger partial charge is 0.305 e. The number of amides is 1. The molecule has 1 atom stereocenters. The Bertz CT molecular complexity index is 479. The Labute approximate surface area is 117 Å². The number of carboxylic acids is 1. The molecule has 1 aliphatic rings. The van der Waals surface area contributed by atoms with Gasteiger partial charge in [0.25, 0.3) is 5.91 Å². The Morgan fingerprint density at radius 1 is 1.35 bits per heavy atom. The van der Waals surface area contributed by atoms with Crippen LogP contribution in [0.25, 0.3) is 0 Å². The van der Waals surface area contributed by atoms with E-state index in [0.717, 1.165) is 18.4 Å². The first-order valence-corrected chi connectivity index (χ1v) is 6.70. The normalized spacial score (nSPS) is 15.7. The molecule has 2 rings (SSSR count). The van der Waals surface area contributed by atoms with Crippen molar-refractivity contribution in [1.29, 1.82) is 0 Å². The van der Waals surface area contributed by atoms with Gasteiger partial charge < -0.3 is 15.2 Å². The monoisotopic (exact) mass is 277 g/mol. The van der Waals surface area contributed by atoms with Crippen molar-refractivity contribution < 1.29 is 19.4 Å². The molecule has 108 valence electrons. The molecule has 0 aromatic heterocycles. The highest BCUT2D eigenvalue weighted by atomic mass is 16.5. The first kappa shape index (κ1) is 14.5. The van der Waals surface area contributed by atoms with Gasteiger partial charge in [0.15, 0.2) is 0 Å². The van der Waals surface area contributed by atoms with Crippen LogP contribution in [-0.2, 0) is 16.1 Å². The van der Waals surface area contributed by atoms with Gasteiger partial charge in [-0.05, 0) is 36.5 Å². The summed E-state index contributed by atoms with van der Waals surface area (Å²) in [5.74, 6) is -0.785. The van der Waals surface area contributed by atoms with Crippen molar-refractivity contribution >= 4 is 11.9 Å². The van der Waals surface area contributed by atoms with Gasteiger partial charge in [-0.2, -0.15) is 0 Å². The SMILES string of the molecule is COCc1ccc(C(=O)NC(CC(=O)O)C2CC2)cc1. The van der Waals surface area contributed by atoms with Gasteiger partial charge in [-0.15, -0.1) is 0 Å². The molecule has 1 amide bonds. The van der Waals surface area contributed by atoms with Gasteiger partial charge >= 0.3 is 5.97 Å². The molecule has 5 heteroatoms. The number of ether oxygens (including phenoxy) is 1. The second-order valence-electron chi connectivity index (χ2n) is 5.15. The highest BCUT2D eigenvalue weighted by Crippen LogP contribution is 2.34. The zero-order valence-electron chi connectivity index (χ0n) is 11.5. The standard InChI is InChI=1S/C15H19NO4/c1-20-9-10-2-4-12(5-3-10)15(19)16-13(8-14(17)18)11-6-7-11/h2-5,11,13H,6-9H2,1H3,(H,16,19)(H,17,18). The summed E-state index contributed by atoms with van der Waals surface area (Å²) in [6, 6.07) is 6.87. The first-order valence-electron chi connectivity index (χ1n) is 6.70. The van der Waals surface area contributed by atoms with E-state index >= 15 is 0 Å². The zero-order valence-corrected chi connectivity index (χ0v) is 11.5. The molecule has 1 aromatic carbocycles.